The largest absolute Gasteiger partial charge is 0.374 e. The third-order valence-electron chi connectivity index (χ3n) is 2.06. The third-order valence-corrected chi connectivity index (χ3v) is 2.49. The number of amides is 1. The number of nitrogens with zero attached hydrogens (tertiary/aromatic N) is 1. The van der Waals surface area contributed by atoms with Gasteiger partial charge in [0.15, 0.2) is 0 Å². The Morgan fingerprint density at radius 2 is 1.75 bits per heavy atom. The summed E-state index contributed by atoms with van der Waals surface area (Å²) < 4.78 is 0. The monoisotopic (exact) mass is 260 g/mol. The molecular weight excluding hydrogens is 247 g/mol. The van der Waals surface area contributed by atoms with E-state index >= 15 is 0 Å². The molecule has 1 rings (SSSR count). The molecule has 0 radical (unpaired) electrons. The van der Waals surface area contributed by atoms with Crippen molar-refractivity contribution < 1.29 is 4.79 Å². The van der Waals surface area contributed by atoms with Gasteiger partial charge in [-0.2, -0.15) is 0 Å². The SMILES string of the molecule is CC(Nc1cc(Cl)cc(Cl)c1)C(=O)N(C)C. The number of likely N-dealkylation sites (N-methyl/N-ethyl adjacent to an activating group) is 1. The molecule has 0 fully saturated rings. The molecule has 0 aliphatic heterocycles. The van der Waals surface area contributed by atoms with Gasteiger partial charge >= 0.3 is 0 Å². The standard InChI is InChI=1S/C11H14Cl2N2O/c1-7(11(16)15(2)3)14-10-5-8(12)4-9(13)6-10/h4-7,14H,1-3H3. The smallest absolute Gasteiger partial charge is 0.244 e. The molecule has 0 heterocycles. The summed E-state index contributed by atoms with van der Waals surface area (Å²) in [4.78, 5) is 13.1. The van der Waals surface area contributed by atoms with Crippen LogP contribution in [0.15, 0.2) is 18.2 Å². The minimum atomic E-state index is -0.315. The Bertz CT molecular complexity index is 373. The van der Waals surface area contributed by atoms with Crippen LogP contribution in [0.5, 0.6) is 0 Å². The number of hydrogen-bond donors (Lipinski definition) is 1. The lowest BCUT2D eigenvalue weighted by molar-refractivity contribution is -0.129. The number of anilines is 1. The van der Waals surface area contributed by atoms with Crippen LogP contribution < -0.4 is 5.32 Å². The summed E-state index contributed by atoms with van der Waals surface area (Å²) in [5.74, 6) is -0.00361. The Kier molecular flexibility index (Phi) is 4.44. The van der Waals surface area contributed by atoms with Gasteiger partial charge in [-0.25, -0.2) is 0 Å². The van der Waals surface area contributed by atoms with Crippen molar-refractivity contribution in [3.8, 4) is 0 Å². The van der Waals surface area contributed by atoms with Gasteiger partial charge in [0.05, 0.1) is 0 Å². The first-order chi connectivity index (χ1) is 7.40. The van der Waals surface area contributed by atoms with E-state index in [2.05, 4.69) is 5.32 Å². The molecule has 0 spiro atoms. The highest BCUT2D eigenvalue weighted by molar-refractivity contribution is 6.35. The predicted molar refractivity (Wildman–Crippen MR) is 68.2 cm³/mol. The number of benzene rings is 1. The zero-order valence-corrected chi connectivity index (χ0v) is 10.9. The lowest BCUT2D eigenvalue weighted by Crippen LogP contribution is -2.36. The van der Waals surface area contributed by atoms with E-state index in [1.165, 1.54) is 4.90 Å². The zero-order chi connectivity index (χ0) is 12.3. The summed E-state index contributed by atoms with van der Waals surface area (Å²) in [6.45, 7) is 1.79. The summed E-state index contributed by atoms with van der Waals surface area (Å²) in [6.07, 6.45) is 0. The molecule has 1 amide bonds. The van der Waals surface area contributed by atoms with Gasteiger partial charge in [-0.3, -0.25) is 4.79 Å². The number of carbonyl (C=O) groups is 1. The van der Waals surface area contributed by atoms with Crippen molar-refractivity contribution >= 4 is 34.8 Å². The fourth-order valence-corrected chi connectivity index (χ4v) is 1.86. The van der Waals surface area contributed by atoms with Crippen molar-refractivity contribution in [2.75, 3.05) is 19.4 Å². The summed E-state index contributed by atoms with van der Waals surface area (Å²) in [5, 5.41) is 4.13. The highest BCUT2D eigenvalue weighted by Crippen LogP contribution is 2.22. The number of carbonyl (C=O) groups excluding carboxylic acids is 1. The van der Waals surface area contributed by atoms with E-state index < -0.39 is 0 Å². The summed E-state index contributed by atoms with van der Waals surface area (Å²) in [5.41, 5.74) is 0.736. The molecule has 3 nitrogen and oxygen atoms in total. The van der Waals surface area contributed by atoms with E-state index in [-0.39, 0.29) is 11.9 Å². The molecule has 1 aromatic carbocycles. The second-order valence-corrected chi connectivity index (χ2v) is 4.63. The molecule has 0 bridgehead atoms. The van der Waals surface area contributed by atoms with E-state index in [1.54, 1.807) is 39.2 Å². The molecule has 1 unspecified atom stereocenters. The maximum Gasteiger partial charge on any atom is 0.244 e. The van der Waals surface area contributed by atoms with E-state index in [0.29, 0.717) is 10.0 Å². The van der Waals surface area contributed by atoms with Gasteiger partial charge in [0.25, 0.3) is 0 Å². The first kappa shape index (κ1) is 13.1. The highest BCUT2D eigenvalue weighted by atomic mass is 35.5. The summed E-state index contributed by atoms with van der Waals surface area (Å²) >= 11 is 11.7. The molecular formula is C11H14Cl2N2O. The number of rotatable bonds is 3. The van der Waals surface area contributed by atoms with Gasteiger partial charge in [-0.1, -0.05) is 23.2 Å². The molecule has 5 heteroatoms. The third kappa shape index (κ3) is 3.58. The lowest BCUT2D eigenvalue weighted by Gasteiger charge is -2.19. The Hall–Kier alpha value is -0.930. The Morgan fingerprint density at radius 3 is 2.19 bits per heavy atom. The maximum atomic E-state index is 11.6. The zero-order valence-electron chi connectivity index (χ0n) is 9.42. The van der Waals surface area contributed by atoms with Crippen LogP contribution in [0.1, 0.15) is 6.92 Å². The molecule has 16 heavy (non-hydrogen) atoms. The molecule has 1 N–H and O–H groups in total. The second kappa shape index (κ2) is 5.41. The van der Waals surface area contributed by atoms with Crippen LogP contribution in [0.3, 0.4) is 0 Å². The highest BCUT2D eigenvalue weighted by Gasteiger charge is 2.14. The van der Waals surface area contributed by atoms with E-state index in [4.69, 9.17) is 23.2 Å². The minimum Gasteiger partial charge on any atom is -0.374 e. The molecule has 0 saturated heterocycles. The van der Waals surface area contributed by atoms with Gasteiger partial charge in [0.1, 0.15) is 6.04 Å². The van der Waals surface area contributed by atoms with Crippen molar-refractivity contribution in [3.05, 3.63) is 28.2 Å². The van der Waals surface area contributed by atoms with Crippen LogP contribution in [0, 0.1) is 0 Å². The Balaban J connectivity index is 2.76. The van der Waals surface area contributed by atoms with Gasteiger partial charge in [-0.15, -0.1) is 0 Å². The molecule has 1 aromatic rings. The van der Waals surface area contributed by atoms with Gasteiger partial charge in [-0.05, 0) is 25.1 Å². The van der Waals surface area contributed by atoms with Gasteiger partial charge in [0, 0.05) is 29.8 Å². The minimum absolute atomic E-state index is 0.00361. The second-order valence-electron chi connectivity index (χ2n) is 3.76. The fourth-order valence-electron chi connectivity index (χ4n) is 1.34. The van der Waals surface area contributed by atoms with Crippen LogP contribution in [-0.2, 0) is 4.79 Å². The maximum absolute atomic E-state index is 11.6. The fraction of sp³-hybridized carbons (Fsp3) is 0.364. The number of halogens is 2. The molecule has 0 saturated carbocycles. The lowest BCUT2D eigenvalue weighted by atomic mass is 10.2. The predicted octanol–water partition coefficient (Wildman–Crippen LogP) is 2.88. The van der Waals surface area contributed by atoms with Crippen molar-refractivity contribution in [1.29, 1.82) is 0 Å². The van der Waals surface area contributed by atoms with E-state index in [9.17, 15) is 4.79 Å². The van der Waals surface area contributed by atoms with Crippen LogP contribution in [0.25, 0.3) is 0 Å². The van der Waals surface area contributed by atoms with Crippen LogP contribution >= 0.6 is 23.2 Å². The normalized spacial score (nSPS) is 12.1. The molecule has 88 valence electrons. The van der Waals surface area contributed by atoms with Crippen molar-refractivity contribution in [1.82, 2.24) is 4.90 Å². The van der Waals surface area contributed by atoms with Gasteiger partial charge < -0.3 is 10.2 Å². The van der Waals surface area contributed by atoms with Crippen LogP contribution in [0.4, 0.5) is 5.69 Å². The average Bonchev–Trinajstić information content (AvgIpc) is 2.14. The quantitative estimate of drug-likeness (QED) is 0.907. The van der Waals surface area contributed by atoms with Crippen LogP contribution in [-0.4, -0.2) is 30.9 Å². The Morgan fingerprint density at radius 1 is 1.25 bits per heavy atom. The molecule has 0 aliphatic rings. The number of nitrogens with one attached hydrogen (secondary N) is 1. The first-order valence-corrected chi connectivity index (χ1v) is 5.59. The molecule has 0 aromatic heterocycles. The van der Waals surface area contributed by atoms with Crippen molar-refractivity contribution in [2.24, 2.45) is 0 Å². The van der Waals surface area contributed by atoms with E-state index in [1.807, 2.05) is 0 Å². The Labute approximate surface area is 105 Å². The van der Waals surface area contributed by atoms with E-state index in [0.717, 1.165) is 5.69 Å². The van der Waals surface area contributed by atoms with Crippen molar-refractivity contribution in [2.45, 2.75) is 13.0 Å². The molecule has 0 aliphatic carbocycles. The first-order valence-electron chi connectivity index (χ1n) is 4.84. The average molecular weight is 261 g/mol. The van der Waals surface area contributed by atoms with Crippen molar-refractivity contribution in [3.63, 3.8) is 0 Å². The topological polar surface area (TPSA) is 32.3 Å². The summed E-state index contributed by atoms with van der Waals surface area (Å²) in [7, 11) is 3.43. The van der Waals surface area contributed by atoms with Crippen LogP contribution in [0.2, 0.25) is 10.0 Å². The summed E-state index contributed by atoms with van der Waals surface area (Å²) in [6, 6.07) is 4.79. The number of hydrogen-bond acceptors (Lipinski definition) is 2. The molecule has 1 atom stereocenters. The van der Waals surface area contributed by atoms with Gasteiger partial charge in [0.2, 0.25) is 5.91 Å².